The molecule has 0 amide bonds. The van der Waals surface area contributed by atoms with Crippen LogP contribution in [0.2, 0.25) is 0 Å². The van der Waals surface area contributed by atoms with Crippen LogP contribution in [0.5, 0.6) is 0 Å². The van der Waals surface area contributed by atoms with Crippen LogP contribution in [-0.4, -0.2) is 17.5 Å². The number of nitro benzene ring substituents is 1. The quantitative estimate of drug-likeness (QED) is 0.348. The Morgan fingerprint density at radius 2 is 2.05 bits per heavy atom. The average molecular weight is 287 g/mol. The first kappa shape index (κ1) is 16.0. The Balaban J connectivity index is 2.80. The maximum absolute atomic E-state index is 13.7. The Morgan fingerprint density at radius 3 is 2.60 bits per heavy atom. The zero-order valence-electron chi connectivity index (χ0n) is 11.2. The first-order valence-electron chi connectivity index (χ1n) is 6.13. The maximum Gasteiger partial charge on any atom is 0.341 e. The molecule has 0 fully saturated rings. The molecule has 0 aliphatic carbocycles. The Bertz CT molecular complexity index is 517. The van der Waals surface area contributed by atoms with E-state index >= 15 is 0 Å². The van der Waals surface area contributed by atoms with E-state index in [1.54, 1.807) is 0 Å². The minimum Gasteiger partial charge on any atom is -0.462 e. The molecular weight excluding hydrogens is 272 g/mol. The number of carbonyl (C=O) groups is 1. The standard InChI is InChI=1S/C13H15F2NO4/c1-8(2)4-3-5-20-13(17)10-6-9(14)7-11(12(10)15)16(18)19/h6-8H,3-5H2,1-2H3. The van der Waals surface area contributed by atoms with E-state index in [1.165, 1.54) is 0 Å². The number of nitro groups is 1. The van der Waals surface area contributed by atoms with Crippen LogP contribution in [-0.2, 0) is 4.74 Å². The molecule has 0 aromatic heterocycles. The molecule has 0 saturated heterocycles. The highest BCUT2D eigenvalue weighted by atomic mass is 19.1. The van der Waals surface area contributed by atoms with Gasteiger partial charge in [-0.15, -0.1) is 0 Å². The summed E-state index contributed by atoms with van der Waals surface area (Å²) in [6.45, 7) is 4.05. The van der Waals surface area contributed by atoms with Crippen molar-refractivity contribution in [3.8, 4) is 0 Å². The van der Waals surface area contributed by atoms with Crippen LogP contribution in [0.3, 0.4) is 0 Å². The number of benzene rings is 1. The van der Waals surface area contributed by atoms with Crippen LogP contribution in [0.1, 0.15) is 37.0 Å². The third kappa shape index (κ3) is 4.25. The molecule has 20 heavy (non-hydrogen) atoms. The summed E-state index contributed by atoms with van der Waals surface area (Å²) in [6.07, 6.45) is 1.40. The van der Waals surface area contributed by atoms with E-state index in [-0.39, 0.29) is 6.61 Å². The van der Waals surface area contributed by atoms with Crippen molar-refractivity contribution in [1.29, 1.82) is 0 Å². The maximum atomic E-state index is 13.7. The second kappa shape index (κ2) is 6.93. The van der Waals surface area contributed by atoms with Crippen molar-refractivity contribution in [2.75, 3.05) is 6.61 Å². The molecule has 0 unspecified atom stereocenters. The van der Waals surface area contributed by atoms with E-state index in [4.69, 9.17) is 4.74 Å². The number of nitrogens with zero attached hydrogens (tertiary/aromatic N) is 1. The SMILES string of the molecule is CC(C)CCCOC(=O)c1cc(F)cc([N+](=O)[O-])c1F. The van der Waals surface area contributed by atoms with Gasteiger partial charge in [0.25, 0.3) is 0 Å². The van der Waals surface area contributed by atoms with E-state index in [1.807, 2.05) is 13.8 Å². The van der Waals surface area contributed by atoms with Gasteiger partial charge in [0.05, 0.1) is 17.6 Å². The lowest BCUT2D eigenvalue weighted by Crippen LogP contribution is -2.11. The number of rotatable bonds is 6. The van der Waals surface area contributed by atoms with Gasteiger partial charge in [-0.3, -0.25) is 10.1 Å². The molecule has 1 aromatic rings. The molecule has 0 spiro atoms. The van der Waals surface area contributed by atoms with Crippen molar-refractivity contribution in [3.05, 3.63) is 39.4 Å². The topological polar surface area (TPSA) is 69.4 Å². The van der Waals surface area contributed by atoms with Gasteiger partial charge in [0.2, 0.25) is 5.82 Å². The summed E-state index contributed by atoms with van der Waals surface area (Å²) in [4.78, 5) is 21.0. The van der Waals surface area contributed by atoms with Crippen molar-refractivity contribution >= 4 is 11.7 Å². The number of halogens is 2. The van der Waals surface area contributed by atoms with Gasteiger partial charge in [0.15, 0.2) is 0 Å². The lowest BCUT2D eigenvalue weighted by atomic mass is 10.1. The summed E-state index contributed by atoms with van der Waals surface area (Å²) in [5, 5.41) is 10.5. The smallest absolute Gasteiger partial charge is 0.341 e. The zero-order valence-corrected chi connectivity index (χ0v) is 11.2. The Morgan fingerprint density at radius 1 is 1.40 bits per heavy atom. The monoisotopic (exact) mass is 287 g/mol. The van der Waals surface area contributed by atoms with Crippen LogP contribution in [0.15, 0.2) is 12.1 Å². The Labute approximate surface area is 114 Å². The van der Waals surface area contributed by atoms with Crippen LogP contribution in [0.25, 0.3) is 0 Å². The predicted octanol–water partition coefficient (Wildman–Crippen LogP) is 3.47. The molecule has 0 heterocycles. The molecular formula is C13H15F2NO4. The number of ether oxygens (including phenoxy) is 1. The minimum atomic E-state index is -1.38. The summed E-state index contributed by atoms with van der Waals surface area (Å²) in [5.74, 6) is -3.12. The van der Waals surface area contributed by atoms with Crippen molar-refractivity contribution < 1.29 is 23.2 Å². The van der Waals surface area contributed by atoms with E-state index in [9.17, 15) is 23.7 Å². The van der Waals surface area contributed by atoms with Crippen LogP contribution in [0.4, 0.5) is 14.5 Å². The molecule has 7 heteroatoms. The summed E-state index contributed by atoms with van der Waals surface area (Å²) in [6, 6.07) is 1.01. The van der Waals surface area contributed by atoms with Crippen LogP contribution >= 0.6 is 0 Å². The minimum absolute atomic E-state index is 0.0563. The van der Waals surface area contributed by atoms with Gasteiger partial charge in [0.1, 0.15) is 11.4 Å². The van der Waals surface area contributed by atoms with Gasteiger partial charge in [-0.2, -0.15) is 4.39 Å². The predicted molar refractivity (Wildman–Crippen MR) is 67.4 cm³/mol. The van der Waals surface area contributed by atoms with Gasteiger partial charge in [-0.25, -0.2) is 9.18 Å². The van der Waals surface area contributed by atoms with Gasteiger partial charge in [-0.1, -0.05) is 13.8 Å². The molecule has 1 aromatic carbocycles. The van der Waals surface area contributed by atoms with Crippen LogP contribution < -0.4 is 0 Å². The van der Waals surface area contributed by atoms with E-state index in [0.717, 1.165) is 6.42 Å². The molecule has 0 atom stereocenters. The van der Waals surface area contributed by atoms with E-state index in [0.29, 0.717) is 24.5 Å². The normalized spacial score (nSPS) is 10.7. The molecule has 1 rings (SSSR count). The summed E-state index contributed by atoms with van der Waals surface area (Å²) >= 11 is 0. The molecule has 110 valence electrons. The van der Waals surface area contributed by atoms with Gasteiger partial charge < -0.3 is 4.74 Å². The third-order valence-corrected chi connectivity index (χ3v) is 2.59. The fourth-order valence-electron chi connectivity index (χ4n) is 1.59. The van der Waals surface area contributed by atoms with E-state index < -0.39 is 33.8 Å². The van der Waals surface area contributed by atoms with Gasteiger partial charge >= 0.3 is 11.7 Å². The first-order chi connectivity index (χ1) is 9.32. The largest absolute Gasteiger partial charge is 0.462 e. The molecule has 0 aliphatic rings. The highest BCUT2D eigenvalue weighted by Gasteiger charge is 2.25. The molecule has 0 radical (unpaired) electrons. The molecule has 0 saturated carbocycles. The summed E-state index contributed by atoms with van der Waals surface area (Å²) in [5.41, 5.74) is -1.85. The number of hydrogen-bond donors (Lipinski definition) is 0. The van der Waals surface area contributed by atoms with Crippen molar-refractivity contribution in [2.24, 2.45) is 5.92 Å². The lowest BCUT2D eigenvalue weighted by Gasteiger charge is -2.07. The summed E-state index contributed by atoms with van der Waals surface area (Å²) in [7, 11) is 0. The van der Waals surface area contributed by atoms with E-state index in [2.05, 4.69) is 0 Å². The van der Waals surface area contributed by atoms with Crippen LogP contribution in [0, 0.1) is 27.7 Å². The van der Waals surface area contributed by atoms with Crippen molar-refractivity contribution in [3.63, 3.8) is 0 Å². The van der Waals surface area contributed by atoms with Crippen molar-refractivity contribution in [1.82, 2.24) is 0 Å². The average Bonchev–Trinajstić information content (AvgIpc) is 2.36. The molecule has 5 nitrogen and oxygen atoms in total. The lowest BCUT2D eigenvalue weighted by molar-refractivity contribution is -0.387. The second-order valence-electron chi connectivity index (χ2n) is 4.72. The highest BCUT2D eigenvalue weighted by Crippen LogP contribution is 2.23. The highest BCUT2D eigenvalue weighted by molar-refractivity contribution is 5.90. The molecule has 0 N–H and O–H groups in total. The van der Waals surface area contributed by atoms with Gasteiger partial charge in [0, 0.05) is 0 Å². The molecule has 0 aliphatic heterocycles. The summed E-state index contributed by atoms with van der Waals surface area (Å²) < 4.78 is 31.6. The fraction of sp³-hybridized carbons (Fsp3) is 0.462. The molecule has 0 bridgehead atoms. The number of hydrogen-bond acceptors (Lipinski definition) is 4. The fourth-order valence-corrected chi connectivity index (χ4v) is 1.59. The number of esters is 1. The second-order valence-corrected chi connectivity index (χ2v) is 4.72. The zero-order chi connectivity index (χ0) is 15.3. The van der Waals surface area contributed by atoms with Crippen molar-refractivity contribution in [2.45, 2.75) is 26.7 Å². The number of carbonyl (C=O) groups excluding carboxylic acids is 1. The first-order valence-corrected chi connectivity index (χ1v) is 6.13. The Hall–Kier alpha value is -2.05. The third-order valence-electron chi connectivity index (χ3n) is 2.59. The van der Waals surface area contributed by atoms with Gasteiger partial charge in [-0.05, 0) is 24.8 Å². The Kier molecular flexibility index (Phi) is 5.54.